The molecule has 40 heavy (non-hydrogen) atoms. The summed E-state index contributed by atoms with van der Waals surface area (Å²) in [6, 6.07) is 39.2. The first-order chi connectivity index (χ1) is 19.8. The number of thiophene rings is 1. The fourth-order valence-corrected chi connectivity index (χ4v) is 7.31. The third-order valence-electron chi connectivity index (χ3n) is 8.23. The Morgan fingerprint density at radius 1 is 0.675 bits per heavy atom. The zero-order valence-corrected chi connectivity index (χ0v) is 22.8. The molecule has 190 valence electrons. The summed E-state index contributed by atoms with van der Waals surface area (Å²) >= 11 is 1.75. The van der Waals surface area contributed by atoms with Crippen LogP contribution in [0.2, 0.25) is 0 Å². The Labute approximate surface area is 237 Å². The molecule has 0 fully saturated rings. The summed E-state index contributed by atoms with van der Waals surface area (Å²) in [5.74, 6) is 1.03. The van der Waals surface area contributed by atoms with E-state index in [0.717, 1.165) is 22.6 Å². The molecule has 0 saturated heterocycles. The van der Waals surface area contributed by atoms with Gasteiger partial charge in [0, 0.05) is 33.7 Å². The highest BCUT2D eigenvalue weighted by Crippen LogP contribution is 2.51. The van der Waals surface area contributed by atoms with Crippen LogP contribution >= 0.6 is 11.3 Å². The van der Waals surface area contributed by atoms with E-state index in [1.165, 1.54) is 54.6 Å². The van der Waals surface area contributed by atoms with Crippen molar-refractivity contribution in [2.24, 2.45) is 0 Å². The van der Waals surface area contributed by atoms with E-state index < -0.39 is 0 Å². The SMILES string of the molecule is Cc1c(C2c3ccccc3-c3ccccc32)ccc2cc(-c3cccs3)c(-c3ccco3)c(-c3ccccn3)c12. The summed E-state index contributed by atoms with van der Waals surface area (Å²) in [7, 11) is 0. The molecule has 0 saturated carbocycles. The second kappa shape index (κ2) is 9.18. The standard InChI is InChI=1S/C37H25NOS/c1-23-25(35-28-12-4-2-10-26(28)27-11-3-5-13-29(27)35)18-17-24-22-30(33-16-9-21-40-33)36(32-15-8-20-39-32)37(34(23)24)31-14-6-7-19-38-31/h2-22,35H,1H3. The van der Waals surface area contributed by atoms with Crippen LogP contribution in [0.1, 0.15) is 28.2 Å². The molecular formula is C37H25NOS. The monoisotopic (exact) mass is 531 g/mol. The van der Waals surface area contributed by atoms with Crippen LogP contribution in [0.15, 0.2) is 131 Å². The van der Waals surface area contributed by atoms with E-state index in [0.29, 0.717) is 0 Å². The average molecular weight is 532 g/mol. The summed E-state index contributed by atoms with van der Waals surface area (Å²) < 4.78 is 6.11. The van der Waals surface area contributed by atoms with Gasteiger partial charge in [-0.1, -0.05) is 72.8 Å². The molecule has 2 nitrogen and oxygen atoms in total. The van der Waals surface area contributed by atoms with E-state index in [2.05, 4.69) is 109 Å². The van der Waals surface area contributed by atoms with Crippen molar-refractivity contribution in [2.45, 2.75) is 12.8 Å². The minimum Gasteiger partial charge on any atom is -0.464 e. The van der Waals surface area contributed by atoms with E-state index in [4.69, 9.17) is 9.40 Å². The Hall–Kier alpha value is -4.73. The van der Waals surface area contributed by atoms with Gasteiger partial charge in [-0.3, -0.25) is 4.98 Å². The topological polar surface area (TPSA) is 26.0 Å². The smallest absolute Gasteiger partial charge is 0.135 e. The number of pyridine rings is 1. The lowest BCUT2D eigenvalue weighted by Gasteiger charge is -2.22. The van der Waals surface area contributed by atoms with Gasteiger partial charge in [-0.15, -0.1) is 11.3 Å². The predicted molar refractivity (Wildman–Crippen MR) is 166 cm³/mol. The van der Waals surface area contributed by atoms with Crippen LogP contribution in [0, 0.1) is 6.92 Å². The molecule has 0 aliphatic heterocycles. The largest absolute Gasteiger partial charge is 0.464 e. The van der Waals surface area contributed by atoms with E-state index in [-0.39, 0.29) is 5.92 Å². The van der Waals surface area contributed by atoms with Gasteiger partial charge in [0.15, 0.2) is 0 Å². The highest BCUT2D eigenvalue weighted by molar-refractivity contribution is 7.13. The van der Waals surface area contributed by atoms with Crippen LogP contribution in [0.25, 0.3) is 54.9 Å². The number of hydrogen-bond donors (Lipinski definition) is 0. The molecule has 4 aromatic carbocycles. The molecule has 0 N–H and O–H groups in total. The lowest BCUT2D eigenvalue weighted by atomic mass is 9.81. The minimum absolute atomic E-state index is 0.178. The van der Waals surface area contributed by atoms with E-state index in [9.17, 15) is 0 Å². The van der Waals surface area contributed by atoms with Gasteiger partial charge in [0.2, 0.25) is 0 Å². The minimum atomic E-state index is 0.178. The van der Waals surface area contributed by atoms with E-state index >= 15 is 0 Å². The molecule has 3 aromatic heterocycles. The van der Waals surface area contributed by atoms with Gasteiger partial charge in [-0.05, 0) is 92.9 Å². The van der Waals surface area contributed by atoms with Gasteiger partial charge in [-0.2, -0.15) is 0 Å². The Bertz CT molecular complexity index is 1960. The lowest BCUT2D eigenvalue weighted by Crippen LogP contribution is -2.03. The van der Waals surface area contributed by atoms with Crippen molar-refractivity contribution in [3.8, 4) is 44.1 Å². The maximum absolute atomic E-state index is 6.11. The molecule has 8 rings (SSSR count). The summed E-state index contributed by atoms with van der Waals surface area (Å²) in [5.41, 5.74) is 12.3. The zero-order chi connectivity index (χ0) is 26.6. The predicted octanol–water partition coefficient (Wildman–Crippen LogP) is 10.4. The third-order valence-corrected chi connectivity index (χ3v) is 9.13. The lowest BCUT2D eigenvalue weighted by molar-refractivity contribution is 0.583. The Morgan fingerprint density at radius 3 is 2.12 bits per heavy atom. The van der Waals surface area contributed by atoms with E-state index in [1.54, 1.807) is 17.6 Å². The van der Waals surface area contributed by atoms with Gasteiger partial charge in [0.25, 0.3) is 0 Å². The fraction of sp³-hybridized carbons (Fsp3) is 0.0541. The molecule has 0 radical (unpaired) electrons. The summed E-state index contributed by atoms with van der Waals surface area (Å²) in [4.78, 5) is 6.11. The van der Waals surface area contributed by atoms with Crippen molar-refractivity contribution in [2.75, 3.05) is 0 Å². The van der Waals surface area contributed by atoms with Crippen molar-refractivity contribution in [1.82, 2.24) is 4.98 Å². The number of rotatable bonds is 4. The highest BCUT2D eigenvalue weighted by Gasteiger charge is 2.31. The second-order valence-corrected chi connectivity index (χ2v) is 11.3. The molecule has 3 heteroatoms. The Morgan fingerprint density at radius 2 is 1.45 bits per heavy atom. The van der Waals surface area contributed by atoms with Crippen LogP contribution in [-0.4, -0.2) is 4.98 Å². The molecule has 0 unspecified atom stereocenters. The fourth-order valence-electron chi connectivity index (χ4n) is 6.56. The number of fused-ring (bicyclic) bond motifs is 4. The number of aromatic nitrogens is 1. The van der Waals surface area contributed by atoms with Gasteiger partial charge < -0.3 is 4.42 Å². The summed E-state index contributed by atoms with van der Waals surface area (Å²) in [6.07, 6.45) is 3.64. The molecule has 1 aliphatic rings. The second-order valence-electron chi connectivity index (χ2n) is 10.3. The summed E-state index contributed by atoms with van der Waals surface area (Å²) in [6.45, 7) is 2.28. The highest BCUT2D eigenvalue weighted by atomic mass is 32.1. The number of hydrogen-bond acceptors (Lipinski definition) is 3. The van der Waals surface area contributed by atoms with Crippen LogP contribution in [0.5, 0.6) is 0 Å². The van der Waals surface area contributed by atoms with Crippen molar-refractivity contribution in [3.05, 3.63) is 149 Å². The van der Waals surface area contributed by atoms with Crippen LogP contribution in [0.3, 0.4) is 0 Å². The van der Waals surface area contributed by atoms with Gasteiger partial charge >= 0.3 is 0 Å². The van der Waals surface area contributed by atoms with Gasteiger partial charge in [0.1, 0.15) is 5.76 Å². The van der Waals surface area contributed by atoms with Crippen molar-refractivity contribution in [1.29, 1.82) is 0 Å². The molecular weight excluding hydrogens is 506 g/mol. The first-order valence-electron chi connectivity index (χ1n) is 13.6. The van der Waals surface area contributed by atoms with Crippen LogP contribution in [-0.2, 0) is 0 Å². The number of aryl methyl sites for hydroxylation is 1. The van der Waals surface area contributed by atoms with Crippen molar-refractivity contribution >= 4 is 22.1 Å². The number of benzene rings is 4. The number of furan rings is 1. The Kier molecular flexibility index (Phi) is 5.32. The molecule has 7 aromatic rings. The van der Waals surface area contributed by atoms with Gasteiger partial charge in [-0.25, -0.2) is 0 Å². The quantitative estimate of drug-likeness (QED) is 0.226. The van der Waals surface area contributed by atoms with E-state index in [1.807, 2.05) is 18.3 Å². The van der Waals surface area contributed by atoms with Gasteiger partial charge in [0.05, 0.1) is 12.0 Å². The molecule has 1 aliphatic carbocycles. The molecule has 0 atom stereocenters. The molecule has 3 heterocycles. The maximum atomic E-state index is 6.11. The van der Waals surface area contributed by atoms with Crippen LogP contribution < -0.4 is 0 Å². The normalized spacial score (nSPS) is 12.5. The van der Waals surface area contributed by atoms with Crippen molar-refractivity contribution < 1.29 is 4.42 Å². The summed E-state index contributed by atoms with van der Waals surface area (Å²) in [5, 5.41) is 4.57. The van der Waals surface area contributed by atoms with Crippen molar-refractivity contribution in [3.63, 3.8) is 0 Å². The molecule has 0 amide bonds. The third kappa shape index (κ3) is 3.45. The maximum Gasteiger partial charge on any atom is 0.135 e. The Balaban J connectivity index is 1.49. The molecule has 0 spiro atoms. The first kappa shape index (κ1) is 23.2. The van der Waals surface area contributed by atoms with Crippen LogP contribution in [0.4, 0.5) is 0 Å². The number of nitrogens with zero attached hydrogens (tertiary/aromatic N) is 1. The molecule has 0 bridgehead atoms. The first-order valence-corrected chi connectivity index (χ1v) is 14.4. The zero-order valence-electron chi connectivity index (χ0n) is 22.0. The average Bonchev–Trinajstić information content (AvgIpc) is 3.78.